The van der Waals surface area contributed by atoms with Crippen LogP contribution in [0, 0.1) is 0 Å². The summed E-state index contributed by atoms with van der Waals surface area (Å²) in [7, 11) is 0. The first-order valence-corrected chi connectivity index (χ1v) is 16.7. The first kappa shape index (κ1) is 26.5. The quantitative estimate of drug-likeness (QED) is 0.183. The van der Waals surface area contributed by atoms with Gasteiger partial charge in [-0.15, -0.1) is 0 Å². The van der Waals surface area contributed by atoms with Gasteiger partial charge in [-0.25, -0.2) is 0 Å². The maximum atomic E-state index is 6.31. The minimum absolute atomic E-state index is 0.836. The van der Waals surface area contributed by atoms with Crippen molar-refractivity contribution in [3.63, 3.8) is 0 Å². The molecular formula is C46H27NO2. The average molecular weight is 626 g/mol. The molecular weight excluding hydrogens is 599 g/mol. The van der Waals surface area contributed by atoms with Gasteiger partial charge in [0.15, 0.2) is 0 Å². The number of benzene rings is 8. The third kappa shape index (κ3) is 3.73. The van der Waals surface area contributed by atoms with Crippen LogP contribution in [0.3, 0.4) is 0 Å². The van der Waals surface area contributed by atoms with E-state index in [4.69, 9.17) is 8.83 Å². The summed E-state index contributed by atoms with van der Waals surface area (Å²) in [6, 6.07) is 56.8. The van der Waals surface area contributed by atoms with E-state index in [1.54, 1.807) is 6.26 Å². The van der Waals surface area contributed by atoms with E-state index in [0.29, 0.717) is 0 Å². The summed E-state index contributed by atoms with van der Waals surface area (Å²) in [6.07, 6.45) is 1.75. The first-order chi connectivity index (χ1) is 24.3. The van der Waals surface area contributed by atoms with Crippen LogP contribution in [0.2, 0.25) is 0 Å². The fourth-order valence-corrected chi connectivity index (χ4v) is 8.17. The molecule has 0 radical (unpaired) electrons. The van der Waals surface area contributed by atoms with Gasteiger partial charge >= 0.3 is 0 Å². The van der Waals surface area contributed by atoms with Crippen LogP contribution in [0.1, 0.15) is 0 Å². The summed E-state index contributed by atoms with van der Waals surface area (Å²) in [6.45, 7) is 0. The van der Waals surface area contributed by atoms with E-state index in [0.717, 1.165) is 44.2 Å². The highest BCUT2D eigenvalue weighted by atomic mass is 16.3. The molecule has 0 aliphatic rings. The molecule has 0 fully saturated rings. The maximum Gasteiger partial charge on any atom is 0.145 e. The van der Waals surface area contributed by atoms with Gasteiger partial charge in [0, 0.05) is 27.2 Å². The Kier molecular flexibility index (Phi) is 5.38. The summed E-state index contributed by atoms with van der Waals surface area (Å²) in [4.78, 5) is 0. The minimum atomic E-state index is 0.836. The highest BCUT2D eigenvalue weighted by molar-refractivity contribution is 6.24. The summed E-state index contributed by atoms with van der Waals surface area (Å²) in [5.74, 6) is 0. The Balaban J connectivity index is 1.22. The molecule has 0 spiro atoms. The fourth-order valence-electron chi connectivity index (χ4n) is 8.17. The van der Waals surface area contributed by atoms with Crippen LogP contribution in [0.5, 0.6) is 0 Å². The Morgan fingerprint density at radius 3 is 1.73 bits per heavy atom. The third-order valence-corrected chi connectivity index (χ3v) is 10.2. The molecule has 3 heteroatoms. The third-order valence-electron chi connectivity index (χ3n) is 10.2. The van der Waals surface area contributed by atoms with E-state index in [-0.39, 0.29) is 0 Å². The van der Waals surface area contributed by atoms with Gasteiger partial charge < -0.3 is 13.4 Å². The van der Waals surface area contributed by atoms with Crippen molar-refractivity contribution in [2.45, 2.75) is 0 Å². The second kappa shape index (κ2) is 9.96. The molecule has 11 rings (SSSR count). The lowest BCUT2D eigenvalue weighted by atomic mass is 9.85. The van der Waals surface area contributed by atoms with Gasteiger partial charge in [0.1, 0.15) is 16.7 Å². The van der Waals surface area contributed by atoms with Crippen LogP contribution in [0.25, 0.3) is 104 Å². The van der Waals surface area contributed by atoms with Crippen molar-refractivity contribution < 1.29 is 8.83 Å². The van der Waals surface area contributed by atoms with Crippen molar-refractivity contribution in [2.24, 2.45) is 0 Å². The first-order valence-electron chi connectivity index (χ1n) is 16.7. The molecule has 3 nitrogen and oxygen atoms in total. The van der Waals surface area contributed by atoms with Crippen LogP contribution in [0.15, 0.2) is 173 Å². The number of furan rings is 2. The number of nitrogens with zero attached hydrogens (tertiary/aromatic N) is 1. The van der Waals surface area contributed by atoms with Crippen LogP contribution in [0.4, 0.5) is 0 Å². The summed E-state index contributed by atoms with van der Waals surface area (Å²) in [5, 5.41) is 10.5. The van der Waals surface area contributed by atoms with Gasteiger partial charge in [-0.2, -0.15) is 0 Å². The molecule has 0 unspecified atom stereocenters. The SMILES string of the molecule is c1ccc(-n2c3ccccc3c3ccc(-c4c5ccccc5c(-c5ccc6oc7ccc8ccoc8c7c6c5)c5ccccc45)cc32)cc1. The topological polar surface area (TPSA) is 31.2 Å². The Morgan fingerprint density at radius 2 is 1.00 bits per heavy atom. The Hall–Kier alpha value is -6.58. The summed E-state index contributed by atoms with van der Waals surface area (Å²) >= 11 is 0. The molecule has 3 heterocycles. The summed E-state index contributed by atoms with van der Waals surface area (Å²) < 4.78 is 14.7. The van der Waals surface area contributed by atoms with Gasteiger partial charge in [-0.05, 0) is 98.4 Å². The molecule has 49 heavy (non-hydrogen) atoms. The second-order valence-electron chi connectivity index (χ2n) is 12.9. The Bertz CT molecular complexity index is 3050. The predicted molar refractivity (Wildman–Crippen MR) is 204 cm³/mol. The van der Waals surface area contributed by atoms with Crippen LogP contribution >= 0.6 is 0 Å². The van der Waals surface area contributed by atoms with E-state index in [1.807, 2.05) is 12.1 Å². The van der Waals surface area contributed by atoms with E-state index >= 15 is 0 Å². The van der Waals surface area contributed by atoms with E-state index in [2.05, 4.69) is 150 Å². The monoisotopic (exact) mass is 625 g/mol. The molecule has 0 saturated heterocycles. The number of para-hydroxylation sites is 2. The summed E-state index contributed by atoms with van der Waals surface area (Å²) in [5.41, 5.74) is 10.9. The van der Waals surface area contributed by atoms with E-state index in [9.17, 15) is 0 Å². The van der Waals surface area contributed by atoms with E-state index < -0.39 is 0 Å². The van der Waals surface area contributed by atoms with E-state index in [1.165, 1.54) is 60.0 Å². The molecule has 0 aliphatic heterocycles. The number of rotatable bonds is 3. The molecule has 0 amide bonds. The average Bonchev–Trinajstić information content (AvgIpc) is 3.87. The van der Waals surface area contributed by atoms with Gasteiger partial charge in [0.25, 0.3) is 0 Å². The molecule has 0 N–H and O–H groups in total. The van der Waals surface area contributed by atoms with Crippen molar-refractivity contribution in [1.29, 1.82) is 0 Å². The van der Waals surface area contributed by atoms with Gasteiger partial charge in [-0.3, -0.25) is 0 Å². The second-order valence-corrected chi connectivity index (χ2v) is 12.9. The molecule has 0 saturated carbocycles. The lowest BCUT2D eigenvalue weighted by Gasteiger charge is -2.18. The zero-order valence-corrected chi connectivity index (χ0v) is 26.4. The normalized spacial score (nSPS) is 12.1. The highest BCUT2D eigenvalue weighted by Crippen LogP contribution is 2.46. The number of fused-ring (bicyclic) bond motifs is 10. The van der Waals surface area contributed by atoms with Crippen molar-refractivity contribution in [3.8, 4) is 27.9 Å². The smallest absolute Gasteiger partial charge is 0.145 e. The molecule has 228 valence electrons. The van der Waals surface area contributed by atoms with Crippen molar-refractivity contribution >= 4 is 76.3 Å². The van der Waals surface area contributed by atoms with Gasteiger partial charge in [-0.1, -0.05) is 103 Å². The van der Waals surface area contributed by atoms with Crippen molar-refractivity contribution in [2.75, 3.05) is 0 Å². The number of hydrogen-bond acceptors (Lipinski definition) is 2. The van der Waals surface area contributed by atoms with Crippen LogP contribution in [-0.2, 0) is 0 Å². The lowest BCUT2D eigenvalue weighted by molar-refractivity contribution is 0.618. The molecule has 0 bridgehead atoms. The van der Waals surface area contributed by atoms with Crippen LogP contribution in [-0.4, -0.2) is 4.57 Å². The molecule has 3 aromatic heterocycles. The molecule has 0 aliphatic carbocycles. The zero-order valence-electron chi connectivity index (χ0n) is 26.4. The van der Waals surface area contributed by atoms with Crippen LogP contribution < -0.4 is 0 Å². The zero-order chi connectivity index (χ0) is 32.1. The predicted octanol–water partition coefficient (Wildman–Crippen LogP) is 13.1. The Morgan fingerprint density at radius 1 is 0.408 bits per heavy atom. The Labute approximate surface area is 280 Å². The highest BCUT2D eigenvalue weighted by Gasteiger charge is 2.20. The van der Waals surface area contributed by atoms with Gasteiger partial charge in [0.05, 0.1) is 22.7 Å². The molecule has 8 aromatic carbocycles. The largest absolute Gasteiger partial charge is 0.464 e. The standard InChI is InChI=1S/C46H27NO2/c1-2-10-31(11-3-1)47-39-17-9-8-12-32(39)33-21-18-30(27-40(33)47)44-36-15-6-4-13-34(36)43(35-14-5-7-16-37(35)44)29-20-22-41-38(26-29)45-42(49-41)23-19-28-24-25-48-46(28)45/h1-27H. The lowest BCUT2D eigenvalue weighted by Crippen LogP contribution is -1.94. The van der Waals surface area contributed by atoms with Crippen molar-refractivity contribution in [3.05, 3.63) is 164 Å². The molecule has 11 aromatic rings. The van der Waals surface area contributed by atoms with Gasteiger partial charge in [0.2, 0.25) is 0 Å². The number of hydrogen-bond donors (Lipinski definition) is 0. The van der Waals surface area contributed by atoms with Crippen molar-refractivity contribution in [1.82, 2.24) is 4.57 Å². The maximum absolute atomic E-state index is 6.31. The molecule has 0 atom stereocenters. The minimum Gasteiger partial charge on any atom is -0.464 e. The number of aromatic nitrogens is 1. The fraction of sp³-hybridized carbons (Fsp3) is 0.